The van der Waals surface area contributed by atoms with E-state index < -0.39 is 6.10 Å². The third-order valence-electron chi connectivity index (χ3n) is 3.01. The first-order valence-corrected chi connectivity index (χ1v) is 5.20. The first-order valence-electron chi connectivity index (χ1n) is 5.20. The highest BCUT2D eigenvalue weighted by atomic mass is 16.5. The molecule has 0 aliphatic heterocycles. The van der Waals surface area contributed by atoms with Gasteiger partial charge in [-0.2, -0.15) is 4.98 Å². The summed E-state index contributed by atoms with van der Waals surface area (Å²) in [7, 11) is 0. The third-order valence-corrected chi connectivity index (χ3v) is 3.01. The Kier molecular flexibility index (Phi) is 2.54. The first-order chi connectivity index (χ1) is 6.68. The Labute approximate surface area is 83.3 Å². The second kappa shape index (κ2) is 3.69. The van der Waals surface area contributed by atoms with Crippen molar-refractivity contribution < 1.29 is 9.63 Å². The van der Waals surface area contributed by atoms with E-state index >= 15 is 0 Å². The minimum absolute atomic E-state index is 0.333. The van der Waals surface area contributed by atoms with Crippen molar-refractivity contribution in [2.45, 2.75) is 45.1 Å². The van der Waals surface area contributed by atoms with Gasteiger partial charge in [0.15, 0.2) is 5.82 Å². The molecule has 3 atom stereocenters. The van der Waals surface area contributed by atoms with Gasteiger partial charge < -0.3 is 9.63 Å². The Balaban J connectivity index is 2.16. The topological polar surface area (TPSA) is 59.2 Å². The maximum absolute atomic E-state index is 9.25. The lowest BCUT2D eigenvalue weighted by Crippen LogP contribution is -2.04. The van der Waals surface area contributed by atoms with Crippen LogP contribution in [0, 0.1) is 5.92 Å². The van der Waals surface area contributed by atoms with Gasteiger partial charge >= 0.3 is 0 Å². The van der Waals surface area contributed by atoms with Crippen molar-refractivity contribution in [3.8, 4) is 0 Å². The van der Waals surface area contributed by atoms with Crippen LogP contribution in [0.1, 0.15) is 56.8 Å². The molecule has 1 heterocycles. The van der Waals surface area contributed by atoms with E-state index in [2.05, 4.69) is 17.1 Å². The third kappa shape index (κ3) is 1.66. The van der Waals surface area contributed by atoms with Crippen LogP contribution in [0.5, 0.6) is 0 Å². The molecule has 0 aromatic carbocycles. The van der Waals surface area contributed by atoms with E-state index in [9.17, 15) is 5.11 Å². The number of aromatic nitrogens is 2. The van der Waals surface area contributed by atoms with E-state index in [0.717, 1.165) is 12.2 Å². The smallest absolute Gasteiger partial charge is 0.255 e. The predicted octanol–water partition coefficient (Wildman–Crippen LogP) is 2.03. The number of aliphatic hydroxyl groups is 1. The summed E-state index contributed by atoms with van der Waals surface area (Å²) >= 11 is 0. The number of rotatable bonds is 2. The Hall–Kier alpha value is -0.900. The van der Waals surface area contributed by atoms with E-state index in [-0.39, 0.29) is 0 Å². The Morgan fingerprint density at radius 3 is 2.79 bits per heavy atom. The van der Waals surface area contributed by atoms with Gasteiger partial charge in [0.1, 0.15) is 6.10 Å². The van der Waals surface area contributed by atoms with E-state index in [1.54, 1.807) is 6.92 Å². The number of hydrogen-bond donors (Lipinski definition) is 1. The molecule has 14 heavy (non-hydrogen) atoms. The molecule has 1 saturated carbocycles. The lowest BCUT2D eigenvalue weighted by atomic mass is 9.98. The van der Waals surface area contributed by atoms with E-state index in [1.807, 2.05) is 0 Å². The summed E-state index contributed by atoms with van der Waals surface area (Å²) in [5, 5.41) is 13.2. The second-order valence-corrected chi connectivity index (χ2v) is 4.18. The zero-order chi connectivity index (χ0) is 10.1. The van der Waals surface area contributed by atoms with Crippen LogP contribution in [0.2, 0.25) is 0 Å². The van der Waals surface area contributed by atoms with Gasteiger partial charge in [0.25, 0.3) is 5.89 Å². The maximum atomic E-state index is 9.25. The molecular formula is C10H16N2O2. The molecule has 0 saturated heterocycles. The molecule has 0 bridgehead atoms. The zero-order valence-corrected chi connectivity index (χ0v) is 8.60. The number of aliphatic hydroxyl groups excluding tert-OH is 1. The van der Waals surface area contributed by atoms with Crippen molar-refractivity contribution in [2.24, 2.45) is 5.92 Å². The molecule has 0 spiro atoms. The summed E-state index contributed by atoms with van der Waals surface area (Å²) < 4.78 is 4.98. The molecule has 0 radical (unpaired) electrons. The lowest BCUT2D eigenvalue weighted by molar-refractivity contribution is 0.151. The van der Waals surface area contributed by atoms with E-state index in [4.69, 9.17) is 4.52 Å². The van der Waals surface area contributed by atoms with Crippen LogP contribution >= 0.6 is 0 Å². The van der Waals surface area contributed by atoms with Gasteiger partial charge in [-0.15, -0.1) is 0 Å². The highest BCUT2D eigenvalue weighted by molar-refractivity contribution is 5.01. The fourth-order valence-electron chi connectivity index (χ4n) is 2.10. The SMILES string of the molecule is CC(O)c1nc(C2CCCC2C)no1. The van der Waals surface area contributed by atoms with Gasteiger partial charge in [-0.05, 0) is 25.7 Å². The lowest BCUT2D eigenvalue weighted by Gasteiger charge is -2.09. The fourth-order valence-corrected chi connectivity index (χ4v) is 2.10. The molecule has 1 aromatic rings. The summed E-state index contributed by atoms with van der Waals surface area (Å²) in [6, 6.07) is 0. The fraction of sp³-hybridized carbons (Fsp3) is 0.800. The summed E-state index contributed by atoms with van der Waals surface area (Å²) in [5.41, 5.74) is 0. The summed E-state index contributed by atoms with van der Waals surface area (Å²) in [5.74, 6) is 2.16. The molecule has 4 heteroatoms. The largest absolute Gasteiger partial charge is 0.384 e. The number of nitrogens with zero attached hydrogens (tertiary/aromatic N) is 2. The van der Waals surface area contributed by atoms with Gasteiger partial charge in [-0.3, -0.25) is 0 Å². The highest BCUT2D eigenvalue weighted by Gasteiger charge is 2.29. The van der Waals surface area contributed by atoms with Gasteiger partial charge in [0.05, 0.1) is 0 Å². The molecule has 1 aliphatic carbocycles. The quantitative estimate of drug-likeness (QED) is 0.786. The van der Waals surface area contributed by atoms with Gasteiger partial charge in [0.2, 0.25) is 0 Å². The van der Waals surface area contributed by atoms with Crippen LogP contribution in [0.15, 0.2) is 4.52 Å². The molecule has 3 unspecified atom stereocenters. The zero-order valence-electron chi connectivity index (χ0n) is 8.60. The Morgan fingerprint density at radius 1 is 1.50 bits per heavy atom. The predicted molar refractivity (Wildman–Crippen MR) is 50.7 cm³/mol. The average molecular weight is 196 g/mol. The molecule has 4 nitrogen and oxygen atoms in total. The summed E-state index contributed by atoms with van der Waals surface area (Å²) in [4.78, 5) is 4.21. The Morgan fingerprint density at radius 2 is 2.29 bits per heavy atom. The molecule has 0 amide bonds. The number of hydrogen-bond acceptors (Lipinski definition) is 4. The summed E-state index contributed by atoms with van der Waals surface area (Å²) in [6.07, 6.45) is 2.96. The van der Waals surface area contributed by atoms with Crippen molar-refractivity contribution in [3.63, 3.8) is 0 Å². The van der Waals surface area contributed by atoms with Crippen LogP contribution < -0.4 is 0 Å². The van der Waals surface area contributed by atoms with Crippen molar-refractivity contribution in [1.82, 2.24) is 10.1 Å². The summed E-state index contributed by atoms with van der Waals surface area (Å²) in [6.45, 7) is 3.85. The van der Waals surface area contributed by atoms with Gasteiger partial charge in [-0.25, -0.2) is 0 Å². The van der Waals surface area contributed by atoms with Gasteiger partial charge in [-0.1, -0.05) is 18.5 Å². The van der Waals surface area contributed by atoms with Crippen molar-refractivity contribution in [1.29, 1.82) is 0 Å². The molecule has 1 aromatic heterocycles. The van der Waals surface area contributed by atoms with Crippen LogP contribution in [-0.2, 0) is 0 Å². The second-order valence-electron chi connectivity index (χ2n) is 4.18. The van der Waals surface area contributed by atoms with Crippen LogP contribution in [0.3, 0.4) is 0 Å². The van der Waals surface area contributed by atoms with E-state index in [1.165, 1.54) is 12.8 Å². The monoisotopic (exact) mass is 196 g/mol. The molecule has 1 fully saturated rings. The minimum atomic E-state index is -0.659. The maximum Gasteiger partial charge on any atom is 0.255 e. The average Bonchev–Trinajstić information content (AvgIpc) is 2.71. The molecule has 1 N–H and O–H groups in total. The van der Waals surface area contributed by atoms with Gasteiger partial charge in [0, 0.05) is 5.92 Å². The van der Waals surface area contributed by atoms with Crippen molar-refractivity contribution >= 4 is 0 Å². The van der Waals surface area contributed by atoms with Crippen molar-refractivity contribution in [2.75, 3.05) is 0 Å². The normalized spacial score (nSPS) is 29.4. The highest BCUT2D eigenvalue weighted by Crippen LogP contribution is 2.37. The standard InChI is InChI=1S/C10H16N2O2/c1-6-4-3-5-8(6)9-11-10(7(2)13)14-12-9/h6-8,13H,3-5H2,1-2H3. The first kappa shape index (κ1) is 9.65. The van der Waals surface area contributed by atoms with Crippen LogP contribution in [0.4, 0.5) is 0 Å². The van der Waals surface area contributed by atoms with Crippen molar-refractivity contribution in [3.05, 3.63) is 11.7 Å². The Bertz CT molecular complexity index is 309. The molecule has 2 rings (SSSR count). The minimum Gasteiger partial charge on any atom is -0.384 e. The van der Waals surface area contributed by atoms with E-state index in [0.29, 0.717) is 17.7 Å². The van der Waals surface area contributed by atoms with Crippen LogP contribution in [0.25, 0.3) is 0 Å². The molecular weight excluding hydrogens is 180 g/mol. The van der Waals surface area contributed by atoms with Crippen LogP contribution in [-0.4, -0.2) is 15.2 Å². The molecule has 1 aliphatic rings. The molecule has 78 valence electrons.